The van der Waals surface area contributed by atoms with Gasteiger partial charge in [0.25, 0.3) is 5.91 Å². The molecule has 1 aromatic heterocycles. The summed E-state index contributed by atoms with van der Waals surface area (Å²) in [7, 11) is 1.58. The molecule has 0 bridgehead atoms. The highest BCUT2D eigenvalue weighted by Crippen LogP contribution is 2.23. The molecule has 0 aliphatic carbocycles. The van der Waals surface area contributed by atoms with Crippen LogP contribution in [0.25, 0.3) is 11.3 Å². The molecule has 0 saturated carbocycles. The third-order valence-electron chi connectivity index (χ3n) is 4.23. The highest BCUT2D eigenvalue weighted by molar-refractivity contribution is 7.09. The second kappa shape index (κ2) is 8.14. The Hall–Kier alpha value is -2.99. The highest BCUT2D eigenvalue weighted by Gasteiger charge is 2.15. The van der Waals surface area contributed by atoms with Gasteiger partial charge in [-0.25, -0.2) is 4.98 Å². The van der Waals surface area contributed by atoms with Gasteiger partial charge in [-0.3, -0.25) is 9.59 Å². The first-order valence-corrected chi connectivity index (χ1v) is 9.49. The van der Waals surface area contributed by atoms with E-state index >= 15 is 0 Å². The van der Waals surface area contributed by atoms with E-state index in [1.165, 1.54) is 0 Å². The number of aromatic nitrogens is 1. The molecule has 3 aromatic rings. The van der Waals surface area contributed by atoms with Gasteiger partial charge >= 0.3 is 0 Å². The predicted molar refractivity (Wildman–Crippen MR) is 109 cm³/mol. The Morgan fingerprint density at radius 1 is 1.07 bits per heavy atom. The number of anilines is 1. The Morgan fingerprint density at radius 2 is 1.81 bits per heavy atom. The number of aryl methyl sites for hydroxylation is 2. The zero-order chi connectivity index (χ0) is 19.4. The van der Waals surface area contributed by atoms with Gasteiger partial charge in [0.05, 0.1) is 28.4 Å². The van der Waals surface area contributed by atoms with Crippen molar-refractivity contribution in [2.75, 3.05) is 12.4 Å². The number of hydrogen-bond donors (Lipinski definition) is 2. The molecule has 2 aromatic carbocycles. The monoisotopic (exact) mass is 379 g/mol. The first-order chi connectivity index (χ1) is 13.0. The lowest BCUT2D eigenvalue weighted by molar-refractivity contribution is -0.115. The number of hydrogen-bond acceptors (Lipinski definition) is 4. The normalized spacial score (nSPS) is 10.5. The average Bonchev–Trinajstić information content (AvgIpc) is 3.08. The molecule has 2 N–H and O–H groups in total. The molecule has 0 atom stereocenters. The van der Waals surface area contributed by atoms with Crippen molar-refractivity contribution in [1.82, 2.24) is 10.3 Å². The van der Waals surface area contributed by atoms with Crippen molar-refractivity contribution < 1.29 is 9.59 Å². The van der Waals surface area contributed by atoms with Crippen molar-refractivity contribution in [2.45, 2.75) is 20.3 Å². The van der Waals surface area contributed by atoms with Gasteiger partial charge in [0, 0.05) is 18.0 Å². The summed E-state index contributed by atoms with van der Waals surface area (Å²) in [6.07, 6.45) is 0.234. The van der Waals surface area contributed by atoms with Crippen LogP contribution in [0.4, 0.5) is 5.69 Å². The zero-order valence-corrected chi connectivity index (χ0v) is 16.3. The first kappa shape index (κ1) is 18.8. The van der Waals surface area contributed by atoms with Crippen molar-refractivity contribution >= 4 is 28.8 Å². The molecule has 27 heavy (non-hydrogen) atoms. The van der Waals surface area contributed by atoms with E-state index in [2.05, 4.69) is 15.6 Å². The zero-order valence-electron chi connectivity index (χ0n) is 15.5. The Kier molecular flexibility index (Phi) is 5.66. The van der Waals surface area contributed by atoms with Crippen molar-refractivity contribution in [3.63, 3.8) is 0 Å². The summed E-state index contributed by atoms with van der Waals surface area (Å²) >= 11 is 1.61. The third-order valence-corrected chi connectivity index (χ3v) is 5.01. The van der Waals surface area contributed by atoms with Crippen LogP contribution >= 0.6 is 11.3 Å². The minimum absolute atomic E-state index is 0.164. The maximum atomic E-state index is 12.5. The van der Waals surface area contributed by atoms with E-state index in [0.29, 0.717) is 11.3 Å². The van der Waals surface area contributed by atoms with Gasteiger partial charge < -0.3 is 10.6 Å². The number of benzene rings is 2. The van der Waals surface area contributed by atoms with Crippen LogP contribution in [0.1, 0.15) is 26.5 Å². The van der Waals surface area contributed by atoms with Gasteiger partial charge in [-0.05, 0) is 31.0 Å². The number of carbonyl (C=O) groups is 2. The molecule has 138 valence electrons. The van der Waals surface area contributed by atoms with Crippen molar-refractivity contribution in [3.8, 4) is 11.3 Å². The SMILES string of the molecule is CNC(=O)c1c(C)cccc1NC(=O)Cc1ccc(-c2csc(C)n2)cc1. The fourth-order valence-corrected chi connectivity index (χ4v) is 3.49. The molecule has 1 heterocycles. The van der Waals surface area contributed by atoms with E-state index in [1.54, 1.807) is 24.5 Å². The Labute approximate surface area is 162 Å². The first-order valence-electron chi connectivity index (χ1n) is 8.61. The van der Waals surface area contributed by atoms with Crippen LogP contribution in [-0.4, -0.2) is 23.8 Å². The molecule has 5 nitrogen and oxygen atoms in total. The lowest BCUT2D eigenvalue weighted by Crippen LogP contribution is -2.23. The van der Waals surface area contributed by atoms with E-state index in [-0.39, 0.29) is 18.2 Å². The van der Waals surface area contributed by atoms with Gasteiger partial charge in [-0.1, -0.05) is 36.4 Å². The van der Waals surface area contributed by atoms with Crippen LogP contribution in [0.5, 0.6) is 0 Å². The van der Waals surface area contributed by atoms with Crippen LogP contribution in [0.2, 0.25) is 0 Å². The molecular formula is C21H21N3O2S. The molecule has 0 spiro atoms. The molecule has 0 saturated heterocycles. The molecule has 0 aliphatic heterocycles. The van der Waals surface area contributed by atoms with E-state index < -0.39 is 0 Å². The molecular weight excluding hydrogens is 358 g/mol. The number of amides is 2. The van der Waals surface area contributed by atoms with Crippen LogP contribution in [0.3, 0.4) is 0 Å². The topological polar surface area (TPSA) is 71.1 Å². The standard InChI is InChI=1S/C21H21N3O2S/c1-13-5-4-6-17(20(13)21(26)22-3)24-19(25)11-15-7-9-16(10-8-15)18-12-27-14(2)23-18/h4-10,12H,11H2,1-3H3,(H,22,26)(H,24,25). The van der Waals surface area contributed by atoms with Gasteiger partial charge in [-0.15, -0.1) is 11.3 Å². The number of thiazole rings is 1. The van der Waals surface area contributed by atoms with Gasteiger partial charge in [-0.2, -0.15) is 0 Å². The molecule has 0 unspecified atom stereocenters. The van der Waals surface area contributed by atoms with E-state index in [9.17, 15) is 9.59 Å². The quantitative estimate of drug-likeness (QED) is 0.705. The highest BCUT2D eigenvalue weighted by atomic mass is 32.1. The lowest BCUT2D eigenvalue weighted by Gasteiger charge is -2.12. The minimum atomic E-state index is -0.216. The summed E-state index contributed by atoms with van der Waals surface area (Å²) in [5.74, 6) is -0.380. The molecule has 0 aliphatic rings. The van der Waals surface area contributed by atoms with E-state index in [1.807, 2.05) is 55.6 Å². The number of rotatable bonds is 5. The summed E-state index contributed by atoms with van der Waals surface area (Å²) in [5, 5.41) is 8.52. The predicted octanol–water partition coefficient (Wildman–Crippen LogP) is 3.97. The number of nitrogens with zero attached hydrogens (tertiary/aromatic N) is 1. The van der Waals surface area contributed by atoms with Crippen LogP contribution in [0.15, 0.2) is 47.8 Å². The summed E-state index contributed by atoms with van der Waals surface area (Å²) in [6, 6.07) is 13.2. The fourth-order valence-electron chi connectivity index (χ4n) is 2.87. The number of carbonyl (C=O) groups excluding carboxylic acids is 2. The summed E-state index contributed by atoms with van der Waals surface area (Å²) < 4.78 is 0. The summed E-state index contributed by atoms with van der Waals surface area (Å²) in [6.45, 7) is 3.82. The summed E-state index contributed by atoms with van der Waals surface area (Å²) in [4.78, 5) is 29.0. The second-order valence-corrected chi connectivity index (χ2v) is 7.31. The maximum Gasteiger partial charge on any atom is 0.253 e. The third kappa shape index (κ3) is 4.41. The van der Waals surface area contributed by atoms with Gasteiger partial charge in [0.2, 0.25) is 5.91 Å². The minimum Gasteiger partial charge on any atom is -0.355 e. The van der Waals surface area contributed by atoms with Crippen LogP contribution < -0.4 is 10.6 Å². The lowest BCUT2D eigenvalue weighted by atomic mass is 10.0. The molecule has 0 radical (unpaired) electrons. The van der Waals surface area contributed by atoms with Crippen LogP contribution in [-0.2, 0) is 11.2 Å². The Morgan fingerprint density at radius 3 is 2.44 bits per heavy atom. The van der Waals surface area contributed by atoms with Gasteiger partial charge in [0.1, 0.15) is 0 Å². The fraction of sp³-hybridized carbons (Fsp3) is 0.190. The molecule has 0 fully saturated rings. The van der Waals surface area contributed by atoms with E-state index in [4.69, 9.17) is 0 Å². The average molecular weight is 379 g/mol. The molecule has 2 amide bonds. The largest absolute Gasteiger partial charge is 0.355 e. The molecule has 3 rings (SSSR count). The smallest absolute Gasteiger partial charge is 0.253 e. The van der Waals surface area contributed by atoms with Crippen molar-refractivity contribution in [1.29, 1.82) is 0 Å². The van der Waals surface area contributed by atoms with Crippen LogP contribution in [0, 0.1) is 13.8 Å². The number of nitrogens with one attached hydrogen (secondary N) is 2. The van der Waals surface area contributed by atoms with Crippen molar-refractivity contribution in [3.05, 3.63) is 69.5 Å². The second-order valence-electron chi connectivity index (χ2n) is 6.25. The summed E-state index contributed by atoms with van der Waals surface area (Å²) in [5.41, 5.74) is 4.71. The van der Waals surface area contributed by atoms with E-state index in [0.717, 1.165) is 27.4 Å². The molecule has 6 heteroatoms. The Balaban J connectivity index is 1.71. The Bertz CT molecular complexity index is 977. The maximum absolute atomic E-state index is 12.5. The van der Waals surface area contributed by atoms with Gasteiger partial charge in [0.15, 0.2) is 0 Å². The van der Waals surface area contributed by atoms with Crippen molar-refractivity contribution in [2.24, 2.45) is 0 Å².